The summed E-state index contributed by atoms with van der Waals surface area (Å²) in [6.07, 6.45) is 1.47. The molecule has 1 aromatic carbocycles. The quantitative estimate of drug-likeness (QED) is 0.777. The number of hydrogen-bond donors (Lipinski definition) is 3. The van der Waals surface area contributed by atoms with Crippen LogP contribution in [0, 0.1) is 0 Å². The van der Waals surface area contributed by atoms with Crippen molar-refractivity contribution in [3.63, 3.8) is 0 Å². The van der Waals surface area contributed by atoms with E-state index in [1.165, 1.54) is 30.5 Å². The molecule has 0 radical (unpaired) electrons. The van der Waals surface area contributed by atoms with E-state index in [0.29, 0.717) is 5.69 Å². The summed E-state index contributed by atoms with van der Waals surface area (Å²) in [7, 11) is 0. The normalized spacial score (nSPS) is 9.89. The van der Waals surface area contributed by atoms with Gasteiger partial charge >= 0.3 is 11.9 Å². The van der Waals surface area contributed by atoms with Gasteiger partial charge in [-0.1, -0.05) is 0 Å². The molecule has 96 valence electrons. The molecule has 3 N–H and O–H groups in total. The van der Waals surface area contributed by atoms with Gasteiger partial charge in [-0.25, -0.2) is 14.6 Å². The van der Waals surface area contributed by atoms with Gasteiger partial charge in [0.1, 0.15) is 11.4 Å². The summed E-state index contributed by atoms with van der Waals surface area (Å²) in [6.45, 7) is 0. The Morgan fingerprint density at radius 3 is 2.26 bits per heavy atom. The van der Waals surface area contributed by atoms with Gasteiger partial charge in [-0.05, 0) is 36.4 Å². The Kier molecular flexibility index (Phi) is 3.42. The molecule has 0 aliphatic carbocycles. The van der Waals surface area contributed by atoms with Gasteiger partial charge in [-0.15, -0.1) is 0 Å². The first kappa shape index (κ1) is 12.6. The lowest BCUT2D eigenvalue weighted by Gasteiger charge is -2.08. The topological polar surface area (TPSA) is 99.5 Å². The number of hydrogen-bond acceptors (Lipinski definition) is 4. The first-order valence-electron chi connectivity index (χ1n) is 5.36. The number of carboxylic acids is 2. The second-order valence-corrected chi connectivity index (χ2v) is 3.71. The molecule has 0 spiro atoms. The number of anilines is 2. The summed E-state index contributed by atoms with van der Waals surface area (Å²) in [5.74, 6) is -1.90. The average molecular weight is 258 g/mol. The highest BCUT2D eigenvalue weighted by molar-refractivity contribution is 5.94. The lowest BCUT2D eigenvalue weighted by Crippen LogP contribution is -2.04. The van der Waals surface area contributed by atoms with Gasteiger partial charge < -0.3 is 15.5 Å². The van der Waals surface area contributed by atoms with Crippen molar-refractivity contribution in [1.29, 1.82) is 0 Å². The standard InChI is InChI=1S/C13H10N2O4/c16-12(17)8-3-5-9(6-4-8)15-11-10(13(18)19)2-1-7-14-11/h1-7H,(H,14,15)(H,16,17)(H,18,19). The lowest BCUT2D eigenvalue weighted by molar-refractivity contribution is 0.0686. The van der Waals surface area contributed by atoms with Crippen molar-refractivity contribution in [2.24, 2.45) is 0 Å². The van der Waals surface area contributed by atoms with E-state index in [9.17, 15) is 9.59 Å². The van der Waals surface area contributed by atoms with Crippen molar-refractivity contribution < 1.29 is 19.8 Å². The first-order valence-corrected chi connectivity index (χ1v) is 5.36. The maximum Gasteiger partial charge on any atom is 0.339 e. The molecule has 0 saturated carbocycles. The minimum Gasteiger partial charge on any atom is -0.478 e. The third-order valence-corrected chi connectivity index (χ3v) is 2.43. The number of aromatic nitrogens is 1. The van der Waals surface area contributed by atoms with Gasteiger partial charge in [-0.2, -0.15) is 0 Å². The summed E-state index contributed by atoms with van der Waals surface area (Å²) in [5, 5.41) is 20.6. The molecule has 2 aromatic rings. The number of pyridine rings is 1. The highest BCUT2D eigenvalue weighted by atomic mass is 16.4. The fourth-order valence-electron chi connectivity index (χ4n) is 1.51. The third-order valence-electron chi connectivity index (χ3n) is 2.43. The zero-order valence-corrected chi connectivity index (χ0v) is 9.70. The molecule has 2 rings (SSSR count). The maximum absolute atomic E-state index is 11.0. The molecule has 6 heteroatoms. The highest BCUT2D eigenvalue weighted by Crippen LogP contribution is 2.18. The highest BCUT2D eigenvalue weighted by Gasteiger charge is 2.10. The number of carbonyl (C=O) groups is 2. The fourth-order valence-corrected chi connectivity index (χ4v) is 1.51. The van der Waals surface area contributed by atoms with Crippen molar-refractivity contribution in [3.05, 3.63) is 53.7 Å². The Bertz CT molecular complexity index is 623. The summed E-state index contributed by atoms with van der Waals surface area (Å²) in [6, 6.07) is 8.90. The van der Waals surface area contributed by atoms with E-state index in [4.69, 9.17) is 10.2 Å². The minimum atomic E-state index is -1.09. The molecule has 0 aliphatic heterocycles. The second kappa shape index (κ2) is 5.18. The van der Waals surface area contributed by atoms with E-state index in [-0.39, 0.29) is 16.9 Å². The zero-order chi connectivity index (χ0) is 13.8. The van der Waals surface area contributed by atoms with Gasteiger partial charge in [0.25, 0.3) is 0 Å². The van der Waals surface area contributed by atoms with Crippen molar-refractivity contribution in [1.82, 2.24) is 4.98 Å². The van der Waals surface area contributed by atoms with Gasteiger partial charge in [0.05, 0.1) is 5.56 Å². The molecule has 0 amide bonds. The van der Waals surface area contributed by atoms with Crippen LogP contribution in [0.15, 0.2) is 42.6 Å². The van der Waals surface area contributed by atoms with Gasteiger partial charge in [0.2, 0.25) is 0 Å². The van der Waals surface area contributed by atoms with E-state index in [1.54, 1.807) is 12.1 Å². The van der Waals surface area contributed by atoms with Crippen LogP contribution in [0.5, 0.6) is 0 Å². The number of carboxylic acid groups (broad SMARTS) is 2. The first-order chi connectivity index (χ1) is 9.08. The molecule has 6 nitrogen and oxygen atoms in total. The molecule has 0 aliphatic rings. The number of nitrogens with zero attached hydrogens (tertiary/aromatic N) is 1. The molecular formula is C13H10N2O4. The largest absolute Gasteiger partial charge is 0.478 e. The van der Waals surface area contributed by atoms with E-state index >= 15 is 0 Å². The van der Waals surface area contributed by atoms with Crippen LogP contribution in [-0.2, 0) is 0 Å². The van der Waals surface area contributed by atoms with Gasteiger partial charge in [0, 0.05) is 11.9 Å². The number of benzene rings is 1. The smallest absolute Gasteiger partial charge is 0.339 e. The SMILES string of the molecule is O=C(O)c1ccc(Nc2ncccc2C(=O)O)cc1. The summed E-state index contributed by atoms with van der Waals surface area (Å²) < 4.78 is 0. The molecule has 1 heterocycles. The maximum atomic E-state index is 11.0. The molecule has 0 saturated heterocycles. The van der Waals surface area contributed by atoms with E-state index in [2.05, 4.69) is 10.3 Å². The van der Waals surface area contributed by atoms with Crippen LogP contribution in [0.3, 0.4) is 0 Å². The number of aromatic carboxylic acids is 2. The zero-order valence-electron chi connectivity index (χ0n) is 9.70. The average Bonchev–Trinajstić information content (AvgIpc) is 2.39. The van der Waals surface area contributed by atoms with E-state index in [0.717, 1.165) is 0 Å². The Morgan fingerprint density at radius 2 is 1.68 bits per heavy atom. The van der Waals surface area contributed by atoms with Crippen LogP contribution in [0.1, 0.15) is 20.7 Å². The van der Waals surface area contributed by atoms with Crippen molar-refractivity contribution in [2.75, 3.05) is 5.32 Å². The summed E-state index contributed by atoms with van der Waals surface area (Å²) in [5.41, 5.74) is 0.765. The molecule has 0 bridgehead atoms. The predicted molar refractivity (Wildman–Crippen MR) is 67.9 cm³/mol. The Hall–Kier alpha value is -2.89. The van der Waals surface area contributed by atoms with Gasteiger partial charge in [0.15, 0.2) is 0 Å². The molecular weight excluding hydrogens is 248 g/mol. The summed E-state index contributed by atoms with van der Waals surface area (Å²) >= 11 is 0. The second-order valence-electron chi connectivity index (χ2n) is 3.71. The van der Waals surface area contributed by atoms with Crippen molar-refractivity contribution >= 4 is 23.4 Å². The van der Waals surface area contributed by atoms with Crippen LogP contribution in [-0.4, -0.2) is 27.1 Å². The van der Waals surface area contributed by atoms with Crippen molar-refractivity contribution in [3.8, 4) is 0 Å². The molecule has 1 aromatic heterocycles. The summed E-state index contributed by atoms with van der Waals surface area (Å²) in [4.78, 5) is 25.6. The van der Waals surface area contributed by atoms with Crippen LogP contribution in [0.2, 0.25) is 0 Å². The number of nitrogens with one attached hydrogen (secondary N) is 1. The lowest BCUT2D eigenvalue weighted by atomic mass is 10.2. The number of rotatable bonds is 4. The van der Waals surface area contributed by atoms with Crippen molar-refractivity contribution in [2.45, 2.75) is 0 Å². The van der Waals surface area contributed by atoms with Crippen LogP contribution < -0.4 is 5.32 Å². The molecule has 19 heavy (non-hydrogen) atoms. The Labute approximate surface area is 108 Å². The van der Waals surface area contributed by atoms with E-state index < -0.39 is 11.9 Å². The van der Waals surface area contributed by atoms with Crippen LogP contribution >= 0.6 is 0 Å². The fraction of sp³-hybridized carbons (Fsp3) is 0. The van der Waals surface area contributed by atoms with Gasteiger partial charge in [-0.3, -0.25) is 0 Å². The Morgan fingerprint density at radius 1 is 1.00 bits per heavy atom. The van der Waals surface area contributed by atoms with Crippen LogP contribution in [0.4, 0.5) is 11.5 Å². The minimum absolute atomic E-state index is 0.0461. The van der Waals surface area contributed by atoms with E-state index in [1.807, 2.05) is 0 Å². The van der Waals surface area contributed by atoms with Crippen LogP contribution in [0.25, 0.3) is 0 Å². The molecule has 0 fully saturated rings. The predicted octanol–water partition coefficient (Wildman–Crippen LogP) is 2.22. The monoisotopic (exact) mass is 258 g/mol. The molecule has 0 unspecified atom stereocenters. The Balaban J connectivity index is 2.26. The third kappa shape index (κ3) is 2.86. The molecule has 0 atom stereocenters.